The SMILES string of the molecule is S=C=NC1=Cc2ccc(C#Cc3ccc(CC4CCCC4)cc3)cc2CC1. The Kier molecular flexibility index (Phi) is 5.64. The highest BCUT2D eigenvalue weighted by Gasteiger charge is 2.15. The number of nitrogens with zero attached hydrogens (tertiary/aromatic N) is 1. The van der Waals surface area contributed by atoms with Crippen LogP contribution in [0.5, 0.6) is 0 Å². The number of hydrogen-bond acceptors (Lipinski definition) is 2. The van der Waals surface area contributed by atoms with E-state index in [-0.39, 0.29) is 0 Å². The molecule has 1 fully saturated rings. The summed E-state index contributed by atoms with van der Waals surface area (Å²) in [6.07, 6.45) is 10.8. The summed E-state index contributed by atoms with van der Waals surface area (Å²) in [5, 5.41) is 2.46. The fourth-order valence-electron chi connectivity index (χ4n) is 4.12. The Hall–Kier alpha value is -2.46. The van der Waals surface area contributed by atoms with Crippen LogP contribution in [0.4, 0.5) is 0 Å². The fourth-order valence-corrected chi connectivity index (χ4v) is 4.24. The number of isothiocyanates is 1. The lowest BCUT2D eigenvalue weighted by Gasteiger charge is -2.13. The van der Waals surface area contributed by atoms with Gasteiger partial charge in [-0.3, -0.25) is 0 Å². The van der Waals surface area contributed by atoms with Crippen molar-refractivity contribution in [3.8, 4) is 11.8 Å². The summed E-state index contributed by atoms with van der Waals surface area (Å²) in [4.78, 5) is 4.12. The molecule has 0 amide bonds. The van der Waals surface area contributed by atoms with Gasteiger partial charge < -0.3 is 0 Å². The summed E-state index contributed by atoms with van der Waals surface area (Å²) in [6, 6.07) is 15.2. The third kappa shape index (κ3) is 4.64. The molecular weight excluding hydrogens is 346 g/mol. The molecule has 2 aromatic rings. The molecule has 0 atom stereocenters. The van der Waals surface area contributed by atoms with Crippen LogP contribution >= 0.6 is 12.2 Å². The fraction of sp³-hybridized carbons (Fsp3) is 0.320. The minimum Gasteiger partial charge on any atom is -0.199 e. The van der Waals surface area contributed by atoms with Crippen LogP contribution in [0.2, 0.25) is 0 Å². The smallest absolute Gasteiger partial charge is 0.0637 e. The Morgan fingerprint density at radius 2 is 1.67 bits per heavy atom. The van der Waals surface area contributed by atoms with Gasteiger partial charge in [0.2, 0.25) is 0 Å². The van der Waals surface area contributed by atoms with Gasteiger partial charge >= 0.3 is 0 Å². The Bertz CT molecular complexity index is 960. The molecule has 2 aromatic carbocycles. The maximum absolute atomic E-state index is 4.70. The lowest BCUT2D eigenvalue weighted by molar-refractivity contribution is 0.546. The molecule has 0 spiro atoms. The first kappa shape index (κ1) is 17.9. The van der Waals surface area contributed by atoms with Gasteiger partial charge in [-0.25, -0.2) is 0 Å². The van der Waals surface area contributed by atoms with E-state index in [1.165, 1.54) is 48.8 Å². The second kappa shape index (κ2) is 8.49. The van der Waals surface area contributed by atoms with Crippen LogP contribution in [0, 0.1) is 17.8 Å². The van der Waals surface area contributed by atoms with E-state index >= 15 is 0 Å². The van der Waals surface area contributed by atoms with Gasteiger partial charge in [0.25, 0.3) is 0 Å². The quantitative estimate of drug-likeness (QED) is 0.356. The van der Waals surface area contributed by atoms with Crippen molar-refractivity contribution in [1.82, 2.24) is 0 Å². The molecule has 2 aliphatic rings. The zero-order valence-electron chi connectivity index (χ0n) is 15.5. The van der Waals surface area contributed by atoms with Crippen LogP contribution in [-0.2, 0) is 12.8 Å². The lowest BCUT2D eigenvalue weighted by atomic mass is 9.94. The van der Waals surface area contributed by atoms with Gasteiger partial charge in [0.1, 0.15) is 0 Å². The molecule has 0 radical (unpaired) electrons. The topological polar surface area (TPSA) is 12.4 Å². The summed E-state index contributed by atoms with van der Waals surface area (Å²) in [6.45, 7) is 0. The van der Waals surface area contributed by atoms with Crippen molar-refractivity contribution in [2.24, 2.45) is 10.9 Å². The molecule has 0 unspecified atom stereocenters. The van der Waals surface area contributed by atoms with Crippen molar-refractivity contribution < 1.29 is 0 Å². The van der Waals surface area contributed by atoms with E-state index < -0.39 is 0 Å². The van der Waals surface area contributed by atoms with Crippen LogP contribution in [-0.4, -0.2) is 5.16 Å². The molecular formula is C25H23NS. The van der Waals surface area contributed by atoms with E-state index in [9.17, 15) is 0 Å². The first-order valence-electron chi connectivity index (χ1n) is 9.82. The number of hydrogen-bond donors (Lipinski definition) is 0. The molecule has 0 aromatic heterocycles. The predicted octanol–water partition coefficient (Wildman–Crippen LogP) is 6.21. The number of rotatable bonds is 3. The lowest BCUT2D eigenvalue weighted by Crippen LogP contribution is -1.98. The normalized spacial score (nSPS) is 15.9. The highest BCUT2D eigenvalue weighted by atomic mass is 32.1. The summed E-state index contributed by atoms with van der Waals surface area (Å²) in [5.41, 5.74) is 7.15. The van der Waals surface area contributed by atoms with E-state index in [2.05, 4.69) is 70.5 Å². The van der Waals surface area contributed by atoms with Gasteiger partial charge in [0.15, 0.2) is 0 Å². The zero-order valence-corrected chi connectivity index (χ0v) is 16.3. The van der Waals surface area contributed by atoms with Crippen molar-refractivity contribution in [2.45, 2.75) is 44.9 Å². The molecule has 1 saturated carbocycles. The second-order valence-electron chi connectivity index (χ2n) is 7.55. The van der Waals surface area contributed by atoms with Gasteiger partial charge in [0.05, 0.1) is 10.9 Å². The number of aliphatic imine (C=N–C) groups is 1. The van der Waals surface area contributed by atoms with E-state index in [0.717, 1.165) is 35.6 Å². The standard InChI is InChI=1S/C25H23NS/c27-18-26-25-14-13-23-16-22(11-12-24(23)17-25)10-7-19-5-8-21(9-6-19)15-20-3-1-2-4-20/h5-6,8-9,11-12,16-17,20H,1-4,13-15H2. The molecule has 0 N–H and O–H groups in total. The number of thiocarbonyl (C=S) groups is 1. The molecule has 0 aliphatic heterocycles. The predicted molar refractivity (Wildman–Crippen MR) is 116 cm³/mol. The summed E-state index contributed by atoms with van der Waals surface area (Å²) >= 11 is 4.70. The van der Waals surface area contributed by atoms with Crippen molar-refractivity contribution in [3.63, 3.8) is 0 Å². The summed E-state index contributed by atoms with van der Waals surface area (Å²) in [5.74, 6) is 7.52. The van der Waals surface area contributed by atoms with Gasteiger partial charge in [0, 0.05) is 11.1 Å². The van der Waals surface area contributed by atoms with Crippen molar-refractivity contribution in [2.75, 3.05) is 0 Å². The van der Waals surface area contributed by atoms with Crippen molar-refractivity contribution in [3.05, 3.63) is 76.0 Å². The first-order chi connectivity index (χ1) is 13.3. The number of aryl methyl sites for hydroxylation is 1. The highest BCUT2D eigenvalue weighted by molar-refractivity contribution is 7.78. The highest BCUT2D eigenvalue weighted by Crippen LogP contribution is 2.28. The van der Waals surface area contributed by atoms with Crippen LogP contribution in [0.25, 0.3) is 6.08 Å². The zero-order chi connectivity index (χ0) is 18.5. The van der Waals surface area contributed by atoms with E-state index in [0.29, 0.717) is 0 Å². The monoisotopic (exact) mass is 369 g/mol. The Morgan fingerprint density at radius 1 is 0.926 bits per heavy atom. The largest absolute Gasteiger partial charge is 0.199 e. The van der Waals surface area contributed by atoms with Crippen LogP contribution in [0.15, 0.2) is 53.2 Å². The number of fused-ring (bicyclic) bond motifs is 1. The van der Waals surface area contributed by atoms with Crippen LogP contribution in [0.1, 0.15) is 59.9 Å². The summed E-state index contributed by atoms with van der Waals surface area (Å²) in [7, 11) is 0. The average molecular weight is 370 g/mol. The number of allylic oxidation sites excluding steroid dienone is 1. The molecule has 1 nitrogen and oxygen atoms in total. The first-order valence-corrected chi connectivity index (χ1v) is 10.2. The van der Waals surface area contributed by atoms with E-state index in [1.54, 1.807) is 0 Å². The molecule has 0 bridgehead atoms. The van der Waals surface area contributed by atoms with Gasteiger partial charge in [-0.15, -0.1) is 0 Å². The van der Waals surface area contributed by atoms with Gasteiger partial charge in [-0.05, 0) is 84.4 Å². The van der Waals surface area contributed by atoms with Gasteiger partial charge in [-0.2, -0.15) is 4.99 Å². The molecule has 2 aliphatic carbocycles. The third-order valence-electron chi connectivity index (χ3n) is 5.61. The van der Waals surface area contributed by atoms with Crippen LogP contribution in [0.3, 0.4) is 0 Å². The molecule has 134 valence electrons. The maximum atomic E-state index is 4.70. The Balaban J connectivity index is 1.46. The molecule has 0 saturated heterocycles. The van der Waals surface area contributed by atoms with Gasteiger partial charge in [-0.1, -0.05) is 55.7 Å². The average Bonchev–Trinajstić information content (AvgIpc) is 3.21. The maximum Gasteiger partial charge on any atom is 0.0637 e. The van der Waals surface area contributed by atoms with Crippen molar-refractivity contribution in [1.29, 1.82) is 0 Å². The minimum atomic E-state index is 0.890. The summed E-state index contributed by atoms with van der Waals surface area (Å²) < 4.78 is 0. The Morgan fingerprint density at radius 3 is 2.44 bits per heavy atom. The molecule has 2 heteroatoms. The molecule has 0 heterocycles. The Labute approximate surface area is 167 Å². The number of benzene rings is 2. The van der Waals surface area contributed by atoms with Crippen LogP contribution < -0.4 is 0 Å². The molecule has 27 heavy (non-hydrogen) atoms. The third-order valence-corrected chi connectivity index (χ3v) is 5.70. The van der Waals surface area contributed by atoms with Crippen molar-refractivity contribution >= 4 is 23.5 Å². The minimum absolute atomic E-state index is 0.890. The molecule has 4 rings (SSSR count). The second-order valence-corrected chi connectivity index (χ2v) is 7.74. The van der Waals surface area contributed by atoms with E-state index in [4.69, 9.17) is 12.2 Å². The van der Waals surface area contributed by atoms with E-state index in [1.807, 2.05) is 0 Å².